The van der Waals surface area contributed by atoms with Gasteiger partial charge in [0.25, 0.3) is 0 Å². The smallest absolute Gasteiger partial charge is 0.0641 e. The summed E-state index contributed by atoms with van der Waals surface area (Å²) in [4.78, 5) is 0. The Balaban J connectivity index is 3.63. The van der Waals surface area contributed by atoms with Crippen LogP contribution in [0.15, 0.2) is 11.6 Å². The summed E-state index contributed by atoms with van der Waals surface area (Å²) >= 11 is 0. The Hall–Kier alpha value is -0.340. The topological polar surface area (TPSA) is 40.5 Å². The van der Waals surface area contributed by atoms with Gasteiger partial charge in [0, 0.05) is 6.61 Å². The fourth-order valence-corrected chi connectivity index (χ4v) is 2.00. The average Bonchev–Trinajstić information content (AvgIpc) is 2.16. The molecule has 2 unspecified atom stereocenters. The molecule has 17 heavy (non-hydrogen) atoms. The van der Waals surface area contributed by atoms with E-state index in [1.54, 1.807) is 0 Å². The Bertz CT molecular complexity index is 215. The van der Waals surface area contributed by atoms with Crippen molar-refractivity contribution in [2.75, 3.05) is 6.61 Å². The molecule has 0 aliphatic rings. The van der Waals surface area contributed by atoms with Gasteiger partial charge in [-0.25, -0.2) is 0 Å². The molecule has 0 aliphatic carbocycles. The third-order valence-corrected chi connectivity index (χ3v) is 3.27. The Labute approximate surface area is 107 Å². The highest BCUT2D eigenvalue weighted by atomic mass is 16.3. The third kappa shape index (κ3) is 10.5. The summed E-state index contributed by atoms with van der Waals surface area (Å²) in [7, 11) is 0. The molecule has 0 rings (SSSR count). The first-order chi connectivity index (χ1) is 7.87. The lowest BCUT2D eigenvalue weighted by atomic mass is 9.91. The van der Waals surface area contributed by atoms with E-state index < -0.39 is 5.60 Å². The summed E-state index contributed by atoms with van der Waals surface area (Å²) in [5.41, 5.74) is 0.706. The minimum atomic E-state index is -0.686. The molecule has 0 bridgehead atoms. The van der Waals surface area contributed by atoms with Crippen molar-refractivity contribution in [2.24, 2.45) is 5.92 Å². The molecule has 0 fully saturated rings. The maximum Gasteiger partial charge on any atom is 0.0641 e. The summed E-state index contributed by atoms with van der Waals surface area (Å²) in [6, 6.07) is 0. The van der Waals surface area contributed by atoms with Gasteiger partial charge in [-0.2, -0.15) is 0 Å². The van der Waals surface area contributed by atoms with Crippen LogP contribution in [0.1, 0.15) is 66.2 Å². The lowest BCUT2D eigenvalue weighted by molar-refractivity contribution is 0.0224. The van der Waals surface area contributed by atoms with Crippen molar-refractivity contribution in [3.8, 4) is 0 Å². The van der Waals surface area contributed by atoms with Crippen molar-refractivity contribution in [3.63, 3.8) is 0 Å². The highest BCUT2D eigenvalue weighted by Crippen LogP contribution is 2.21. The fourth-order valence-electron chi connectivity index (χ4n) is 2.00. The van der Waals surface area contributed by atoms with Crippen molar-refractivity contribution < 1.29 is 10.2 Å². The first-order valence-electron chi connectivity index (χ1n) is 6.84. The van der Waals surface area contributed by atoms with E-state index in [4.69, 9.17) is 5.11 Å². The molecule has 2 nitrogen and oxygen atoms in total. The molecule has 0 saturated carbocycles. The summed E-state index contributed by atoms with van der Waals surface area (Å²) in [5, 5.41) is 18.7. The summed E-state index contributed by atoms with van der Waals surface area (Å²) in [6.45, 7) is 8.44. The van der Waals surface area contributed by atoms with Crippen LogP contribution in [0, 0.1) is 5.92 Å². The molecule has 0 saturated heterocycles. The predicted octanol–water partition coefficient (Wildman–Crippen LogP) is 3.67. The number of aliphatic hydroxyl groups excluding tert-OH is 1. The van der Waals surface area contributed by atoms with E-state index in [0.29, 0.717) is 6.42 Å². The van der Waals surface area contributed by atoms with Crippen LogP contribution in [0.25, 0.3) is 0 Å². The highest BCUT2D eigenvalue weighted by Gasteiger charge is 2.19. The van der Waals surface area contributed by atoms with E-state index in [0.717, 1.165) is 31.6 Å². The van der Waals surface area contributed by atoms with E-state index >= 15 is 0 Å². The first kappa shape index (κ1) is 16.7. The number of hydrogen-bond acceptors (Lipinski definition) is 2. The minimum Gasteiger partial charge on any atom is -0.396 e. The van der Waals surface area contributed by atoms with Gasteiger partial charge in [-0.3, -0.25) is 0 Å². The van der Waals surface area contributed by atoms with E-state index in [1.807, 2.05) is 6.92 Å². The molecule has 0 heterocycles. The zero-order valence-corrected chi connectivity index (χ0v) is 12.0. The standard InChI is InChI=1S/C15H30O2/c1-13(2)7-5-8-14(3)9-6-10-15(4,17)11-12-16/h7,14,16-17H,5-6,8-12H2,1-4H3. The Morgan fingerprint density at radius 1 is 1.24 bits per heavy atom. The van der Waals surface area contributed by atoms with Crippen molar-refractivity contribution in [1.82, 2.24) is 0 Å². The van der Waals surface area contributed by atoms with E-state index in [1.165, 1.54) is 12.0 Å². The van der Waals surface area contributed by atoms with Gasteiger partial charge in [-0.15, -0.1) is 0 Å². The van der Waals surface area contributed by atoms with E-state index in [9.17, 15) is 5.11 Å². The van der Waals surface area contributed by atoms with Gasteiger partial charge in [0.05, 0.1) is 5.60 Å². The van der Waals surface area contributed by atoms with Crippen LogP contribution in [0.3, 0.4) is 0 Å². The van der Waals surface area contributed by atoms with Gasteiger partial charge in [0.2, 0.25) is 0 Å². The molecule has 0 aromatic rings. The Morgan fingerprint density at radius 2 is 1.88 bits per heavy atom. The molecule has 2 N–H and O–H groups in total. The molecule has 0 amide bonds. The molecule has 0 radical (unpaired) electrons. The monoisotopic (exact) mass is 242 g/mol. The second-order valence-corrected chi connectivity index (χ2v) is 5.83. The van der Waals surface area contributed by atoms with Crippen LogP contribution in [0.5, 0.6) is 0 Å². The van der Waals surface area contributed by atoms with Crippen LogP contribution in [-0.2, 0) is 0 Å². The Morgan fingerprint density at radius 3 is 2.41 bits per heavy atom. The van der Waals surface area contributed by atoms with Crippen LogP contribution in [-0.4, -0.2) is 22.4 Å². The van der Waals surface area contributed by atoms with Crippen molar-refractivity contribution in [1.29, 1.82) is 0 Å². The van der Waals surface area contributed by atoms with Crippen LogP contribution < -0.4 is 0 Å². The predicted molar refractivity (Wildman–Crippen MR) is 74.0 cm³/mol. The second kappa shape index (κ2) is 8.71. The summed E-state index contributed by atoms with van der Waals surface area (Å²) in [5.74, 6) is 0.718. The van der Waals surface area contributed by atoms with E-state index in [2.05, 4.69) is 26.8 Å². The molecule has 0 aliphatic heterocycles. The van der Waals surface area contributed by atoms with Crippen molar-refractivity contribution in [3.05, 3.63) is 11.6 Å². The third-order valence-electron chi connectivity index (χ3n) is 3.27. The first-order valence-corrected chi connectivity index (χ1v) is 6.84. The molecule has 0 aromatic carbocycles. The maximum absolute atomic E-state index is 9.91. The maximum atomic E-state index is 9.91. The Kier molecular flexibility index (Phi) is 8.53. The largest absolute Gasteiger partial charge is 0.396 e. The van der Waals surface area contributed by atoms with Gasteiger partial charge in [0.15, 0.2) is 0 Å². The molecule has 2 heteroatoms. The van der Waals surface area contributed by atoms with Crippen LogP contribution >= 0.6 is 0 Å². The number of aliphatic hydroxyl groups is 2. The van der Waals surface area contributed by atoms with Gasteiger partial charge in [-0.1, -0.05) is 31.4 Å². The van der Waals surface area contributed by atoms with Crippen molar-refractivity contribution in [2.45, 2.75) is 71.8 Å². The average molecular weight is 242 g/mol. The van der Waals surface area contributed by atoms with Gasteiger partial charge >= 0.3 is 0 Å². The lowest BCUT2D eigenvalue weighted by Crippen LogP contribution is -2.25. The number of allylic oxidation sites excluding steroid dienone is 2. The molecule has 2 atom stereocenters. The zero-order valence-electron chi connectivity index (χ0n) is 12.0. The molecule has 0 aromatic heterocycles. The summed E-state index contributed by atoms with van der Waals surface area (Å²) in [6.07, 6.45) is 8.17. The second-order valence-electron chi connectivity index (χ2n) is 5.83. The zero-order chi connectivity index (χ0) is 13.3. The lowest BCUT2D eigenvalue weighted by Gasteiger charge is -2.22. The minimum absolute atomic E-state index is 0.0725. The molecular formula is C15H30O2. The molecular weight excluding hydrogens is 212 g/mol. The van der Waals surface area contributed by atoms with Gasteiger partial charge < -0.3 is 10.2 Å². The van der Waals surface area contributed by atoms with Gasteiger partial charge in [0.1, 0.15) is 0 Å². The normalized spacial score (nSPS) is 16.4. The SMILES string of the molecule is CC(C)=CCCC(C)CCCC(C)(O)CCO. The quantitative estimate of drug-likeness (QED) is 0.606. The van der Waals surface area contributed by atoms with Crippen LogP contribution in [0.4, 0.5) is 0 Å². The van der Waals surface area contributed by atoms with Gasteiger partial charge in [-0.05, 0) is 52.4 Å². The summed E-state index contributed by atoms with van der Waals surface area (Å²) < 4.78 is 0. The fraction of sp³-hybridized carbons (Fsp3) is 0.867. The molecule has 102 valence electrons. The molecule has 0 spiro atoms. The highest BCUT2D eigenvalue weighted by molar-refractivity contribution is 4.92. The number of rotatable bonds is 9. The van der Waals surface area contributed by atoms with E-state index in [-0.39, 0.29) is 6.61 Å². The van der Waals surface area contributed by atoms with Crippen LogP contribution in [0.2, 0.25) is 0 Å². The number of hydrogen-bond donors (Lipinski definition) is 2. The van der Waals surface area contributed by atoms with Crippen molar-refractivity contribution >= 4 is 0 Å².